The summed E-state index contributed by atoms with van der Waals surface area (Å²) in [5.41, 5.74) is 4.05. The van der Waals surface area contributed by atoms with E-state index in [9.17, 15) is 0 Å². The Balaban J connectivity index is 1.22. The summed E-state index contributed by atoms with van der Waals surface area (Å²) < 4.78 is 1.97. The topological polar surface area (TPSA) is 37.2 Å². The fraction of sp³-hybridized carbons (Fsp3) is 0.417. The van der Waals surface area contributed by atoms with Crippen molar-refractivity contribution in [3.8, 4) is 0 Å². The first-order valence-electron chi connectivity index (χ1n) is 10.7. The molecule has 2 aromatic heterocycles. The first-order chi connectivity index (χ1) is 14.3. The molecule has 3 saturated heterocycles. The Bertz CT molecular complexity index is 891. The average Bonchev–Trinajstić information content (AvgIpc) is 3.11. The zero-order valence-corrected chi connectivity index (χ0v) is 16.9. The van der Waals surface area contributed by atoms with E-state index >= 15 is 0 Å². The first-order valence-corrected chi connectivity index (χ1v) is 10.7. The standard InChI is InChI=1S/C24H29N5/c1-3-22(13-25-10-1)14-27-15-23-8-9-24(19-27)28(17-23)16-20-4-6-21(7-5-20)18-29-12-2-11-26-29/h1-7,10-13,23-24H,8-9,14-19H2/t23-,24+/m0/s1. The molecule has 29 heavy (non-hydrogen) atoms. The van der Waals surface area contributed by atoms with Gasteiger partial charge in [-0.05, 0) is 47.6 Å². The van der Waals surface area contributed by atoms with E-state index in [0.29, 0.717) is 6.04 Å². The van der Waals surface area contributed by atoms with Crippen molar-refractivity contribution in [1.29, 1.82) is 0 Å². The van der Waals surface area contributed by atoms with Gasteiger partial charge in [0.2, 0.25) is 0 Å². The maximum Gasteiger partial charge on any atom is 0.0659 e. The van der Waals surface area contributed by atoms with Crippen molar-refractivity contribution in [3.05, 3.63) is 83.9 Å². The molecule has 3 aliphatic heterocycles. The molecule has 1 aromatic carbocycles. The van der Waals surface area contributed by atoms with Gasteiger partial charge in [0.05, 0.1) is 6.54 Å². The molecule has 5 heteroatoms. The molecule has 150 valence electrons. The van der Waals surface area contributed by atoms with Crippen LogP contribution in [0.4, 0.5) is 0 Å². The fourth-order valence-corrected chi connectivity index (χ4v) is 4.91. The number of hydrogen-bond donors (Lipinski definition) is 0. The molecule has 6 rings (SSSR count). The normalized spacial score (nSPS) is 22.6. The van der Waals surface area contributed by atoms with Gasteiger partial charge in [-0.1, -0.05) is 30.3 Å². The van der Waals surface area contributed by atoms with E-state index in [2.05, 4.69) is 50.2 Å². The van der Waals surface area contributed by atoms with Crippen molar-refractivity contribution in [1.82, 2.24) is 24.6 Å². The number of nitrogens with zero attached hydrogens (tertiary/aromatic N) is 5. The molecule has 0 spiro atoms. The van der Waals surface area contributed by atoms with Crippen LogP contribution in [0.1, 0.15) is 29.5 Å². The molecule has 2 atom stereocenters. The Hall–Kier alpha value is -2.50. The van der Waals surface area contributed by atoms with Crippen molar-refractivity contribution in [3.63, 3.8) is 0 Å². The summed E-state index contributed by atoms with van der Waals surface area (Å²) in [5.74, 6) is 0.782. The SMILES string of the molecule is c1cncc(CN2C[C@@H]3CC[C@H](C2)N(Cc2ccc(Cn4cccn4)cc2)C3)c1. The Morgan fingerprint density at radius 1 is 0.793 bits per heavy atom. The minimum atomic E-state index is 0.661. The Morgan fingerprint density at radius 3 is 2.41 bits per heavy atom. The number of benzene rings is 1. The predicted molar refractivity (Wildman–Crippen MR) is 114 cm³/mol. The monoisotopic (exact) mass is 387 g/mol. The molecular formula is C24H29N5. The molecule has 5 heterocycles. The lowest BCUT2D eigenvalue weighted by molar-refractivity contribution is 0.123. The van der Waals surface area contributed by atoms with Crippen LogP contribution in [-0.4, -0.2) is 50.2 Å². The van der Waals surface area contributed by atoms with Crippen molar-refractivity contribution >= 4 is 0 Å². The van der Waals surface area contributed by atoms with E-state index in [0.717, 1.165) is 25.6 Å². The van der Waals surface area contributed by atoms with Crippen LogP contribution in [0, 0.1) is 5.92 Å². The highest BCUT2D eigenvalue weighted by molar-refractivity contribution is 5.23. The maximum absolute atomic E-state index is 4.30. The summed E-state index contributed by atoms with van der Waals surface area (Å²) >= 11 is 0. The van der Waals surface area contributed by atoms with Crippen molar-refractivity contribution in [2.75, 3.05) is 19.6 Å². The van der Waals surface area contributed by atoms with Crippen LogP contribution in [0.3, 0.4) is 0 Å². The van der Waals surface area contributed by atoms with Gasteiger partial charge in [0.1, 0.15) is 0 Å². The third kappa shape index (κ3) is 4.57. The smallest absolute Gasteiger partial charge is 0.0659 e. The number of aromatic nitrogens is 3. The van der Waals surface area contributed by atoms with E-state index in [1.165, 1.54) is 49.2 Å². The van der Waals surface area contributed by atoms with Crippen LogP contribution >= 0.6 is 0 Å². The van der Waals surface area contributed by atoms with Gasteiger partial charge in [-0.15, -0.1) is 0 Å². The van der Waals surface area contributed by atoms with Gasteiger partial charge in [-0.25, -0.2) is 0 Å². The van der Waals surface area contributed by atoms with Crippen LogP contribution < -0.4 is 0 Å². The number of piperidine rings is 1. The minimum absolute atomic E-state index is 0.661. The van der Waals surface area contributed by atoms with E-state index in [4.69, 9.17) is 0 Å². The molecule has 0 unspecified atom stereocenters. The van der Waals surface area contributed by atoms with Crippen LogP contribution in [0.5, 0.6) is 0 Å². The maximum atomic E-state index is 4.30. The van der Waals surface area contributed by atoms with Crippen LogP contribution in [0.25, 0.3) is 0 Å². The molecular weight excluding hydrogens is 358 g/mol. The van der Waals surface area contributed by atoms with Gasteiger partial charge in [0.15, 0.2) is 0 Å². The Labute approximate surface area is 173 Å². The average molecular weight is 388 g/mol. The molecule has 0 amide bonds. The highest BCUT2D eigenvalue weighted by atomic mass is 15.3. The van der Waals surface area contributed by atoms with Gasteiger partial charge in [0.25, 0.3) is 0 Å². The number of hydrogen-bond acceptors (Lipinski definition) is 4. The lowest BCUT2D eigenvalue weighted by Gasteiger charge is -2.36. The molecule has 0 saturated carbocycles. The number of pyridine rings is 1. The zero-order valence-electron chi connectivity index (χ0n) is 16.9. The van der Waals surface area contributed by atoms with Gasteiger partial charge in [-0.3, -0.25) is 19.5 Å². The van der Waals surface area contributed by atoms with Gasteiger partial charge in [0, 0.05) is 63.6 Å². The van der Waals surface area contributed by atoms with Crippen molar-refractivity contribution < 1.29 is 0 Å². The summed E-state index contributed by atoms with van der Waals surface area (Å²) in [7, 11) is 0. The summed E-state index contributed by atoms with van der Waals surface area (Å²) in [5, 5.41) is 4.30. The number of rotatable bonds is 6. The second-order valence-corrected chi connectivity index (χ2v) is 8.60. The number of fused-ring (bicyclic) bond motifs is 4. The van der Waals surface area contributed by atoms with E-state index < -0.39 is 0 Å². The molecule has 5 nitrogen and oxygen atoms in total. The Morgan fingerprint density at radius 2 is 1.66 bits per heavy atom. The predicted octanol–water partition coefficient (Wildman–Crippen LogP) is 3.42. The van der Waals surface area contributed by atoms with E-state index in [1.54, 1.807) is 0 Å². The van der Waals surface area contributed by atoms with Gasteiger partial charge < -0.3 is 0 Å². The highest BCUT2D eigenvalue weighted by Gasteiger charge is 2.34. The largest absolute Gasteiger partial charge is 0.297 e. The molecule has 0 N–H and O–H groups in total. The Kier molecular flexibility index (Phi) is 5.41. The molecule has 0 aliphatic carbocycles. The molecule has 3 fully saturated rings. The lowest BCUT2D eigenvalue weighted by atomic mass is 9.94. The molecule has 3 aliphatic rings. The van der Waals surface area contributed by atoms with Gasteiger partial charge >= 0.3 is 0 Å². The minimum Gasteiger partial charge on any atom is -0.297 e. The van der Waals surface area contributed by atoms with Crippen LogP contribution in [-0.2, 0) is 19.6 Å². The first kappa shape index (κ1) is 18.5. The second kappa shape index (κ2) is 8.47. The summed E-state index contributed by atoms with van der Waals surface area (Å²) in [6, 6.07) is 16.0. The second-order valence-electron chi connectivity index (χ2n) is 8.60. The quantitative estimate of drug-likeness (QED) is 0.649. The van der Waals surface area contributed by atoms with Crippen molar-refractivity contribution in [2.24, 2.45) is 5.92 Å². The van der Waals surface area contributed by atoms with Gasteiger partial charge in [-0.2, -0.15) is 5.10 Å². The molecule has 0 radical (unpaired) electrons. The van der Waals surface area contributed by atoms with Crippen LogP contribution in [0.15, 0.2) is 67.3 Å². The lowest BCUT2D eigenvalue weighted by Crippen LogP contribution is -2.43. The third-order valence-electron chi connectivity index (χ3n) is 6.34. The molecule has 3 aromatic rings. The van der Waals surface area contributed by atoms with E-state index in [-0.39, 0.29) is 0 Å². The third-order valence-corrected chi connectivity index (χ3v) is 6.34. The molecule has 2 bridgehead atoms. The van der Waals surface area contributed by atoms with Crippen LogP contribution in [0.2, 0.25) is 0 Å². The summed E-state index contributed by atoms with van der Waals surface area (Å²) in [6.07, 6.45) is 10.4. The van der Waals surface area contributed by atoms with Crippen molar-refractivity contribution in [2.45, 2.75) is 38.5 Å². The summed E-state index contributed by atoms with van der Waals surface area (Å²) in [4.78, 5) is 9.65. The fourth-order valence-electron chi connectivity index (χ4n) is 4.91. The van der Waals surface area contributed by atoms with E-state index in [1.807, 2.05) is 41.6 Å². The summed E-state index contributed by atoms with van der Waals surface area (Å²) in [6.45, 7) is 6.53. The zero-order chi connectivity index (χ0) is 19.5. The highest BCUT2D eigenvalue weighted by Crippen LogP contribution is 2.30.